The van der Waals surface area contributed by atoms with Gasteiger partial charge in [0.25, 0.3) is 0 Å². The van der Waals surface area contributed by atoms with Crippen LogP contribution in [-0.4, -0.2) is 19.2 Å². The zero-order valence-corrected chi connectivity index (χ0v) is 33.6. The molecule has 294 valence electrons. The van der Waals surface area contributed by atoms with Crippen LogP contribution in [0.3, 0.4) is 0 Å². The van der Waals surface area contributed by atoms with Crippen LogP contribution >= 0.6 is 0 Å². The van der Waals surface area contributed by atoms with Crippen LogP contribution in [0.25, 0.3) is 0 Å². The van der Waals surface area contributed by atoms with Crippen LogP contribution in [0.4, 0.5) is 4.79 Å². The molecule has 6 heteroatoms. The Kier molecular flexibility index (Phi) is 44.4. The Morgan fingerprint density at radius 1 is 0.327 bits per heavy atom. The number of rotatable bonds is 43. The minimum atomic E-state index is -0.501. The Hall–Kier alpha value is -0.850. The van der Waals surface area contributed by atoms with Crippen LogP contribution in [0.1, 0.15) is 258 Å². The molecule has 0 saturated carbocycles. The van der Waals surface area contributed by atoms with Crippen molar-refractivity contribution in [2.45, 2.75) is 258 Å². The molecule has 0 saturated heterocycles. The molecule has 0 radical (unpaired) electrons. The van der Waals surface area contributed by atoms with Crippen LogP contribution in [0.5, 0.6) is 0 Å². The SMILES string of the molecule is CCCCCCCCCCCCCCCCCCCCCNNOC(=O)NNCCCCCCCCCCCCCCCCCCCCC. The molecule has 0 aliphatic carbocycles. The van der Waals surface area contributed by atoms with Gasteiger partial charge in [-0.15, -0.1) is 0 Å². The lowest BCUT2D eigenvalue weighted by Gasteiger charge is -2.09. The monoisotopic (exact) mass is 695 g/mol. The second kappa shape index (κ2) is 45.2. The normalized spacial score (nSPS) is 11.4. The van der Waals surface area contributed by atoms with Crippen molar-refractivity contribution in [1.82, 2.24) is 21.9 Å². The van der Waals surface area contributed by atoms with Gasteiger partial charge in [-0.1, -0.05) is 251 Å². The van der Waals surface area contributed by atoms with E-state index in [1.807, 2.05) is 0 Å². The van der Waals surface area contributed by atoms with E-state index in [9.17, 15) is 4.79 Å². The third kappa shape index (κ3) is 45.1. The summed E-state index contributed by atoms with van der Waals surface area (Å²) < 4.78 is 0. The lowest BCUT2D eigenvalue weighted by Crippen LogP contribution is -2.44. The first-order valence-corrected chi connectivity index (χ1v) is 22.5. The standard InChI is InChI=1S/C43H90N4O2/c1-3-5-7-9-11-13-15-17-19-21-23-25-27-29-31-33-35-37-39-41-44-46-43(48)49-47-45-42-40-38-36-34-32-30-28-26-24-22-20-18-16-14-12-10-8-6-4-2/h44-45,47H,3-42H2,1-2H3,(H,46,48). The largest absolute Gasteiger partial charge is 0.441 e. The zero-order valence-electron chi connectivity index (χ0n) is 33.6. The van der Waals surface area contributed by atoms with Gasteiger partial charge in [-0.2, -0.15) is 0 Å². The predicted molar refractivity (Wildman–Crippen MR) is 216 cm³/mol. The van der Waals surface area contributed by atoms with Gasteiger partial charge in [-0.05, 0) is 12.8 Å². The molecule has 0 aromatic carbocycles. The van der Waals surface area contributed by atoms with E-state index in [1.165, 1.54) is 231 Å². The molecule has 49 heavy (non-hydrogen) atoms. The van der Waals surface area contributed by atoms with Crippen molar-refractivity contribution < 1.29 is 9.63 Å². The van der Waals surface area contributed by atoms with Crippen molar-refractivity contribution in [3.05, 3.63) is 0 Å². The van der Waals surface area contributed by atoms with Crippen molar-refractivity contribution in [2.75, 3.05) is 13.1 Å². The van der Waals surface area contributed by atoms with Gasteiger partial charge >= 0.3 is 6.09 Å². The molecule has 0 spiro atoms. The maximum absolute atomic E-state index is 11.8. The highest BCUT2D eigenvalue weighted by Crippen LogP contribution is 2.16. The summed E-state index contributed by atoms with van der Waals surface area (Å²) in [6.45, 7) is 6.17. The van der Waals surface area contributed by atoms with Crippen LogP contribution in [0, 0.1) is 0 Å². The Bertz CT molecular complexity index is 606. The molecular weight excluding hydrogens is 604 g/mol. The van der Waals surface area contributed by atoms with E-state index < -0.39 is 6.09 Å². The fourth-order valence-corrected chi connectivity index (χ4v) is 6.88. The van der Waals surface area contributed by atoms with E-state index >= 15 is 0 Å². The third-order valence-corrected chi connectivity index (χ3v) is 10.2. The van der Waals surface area contributed by atoms with Gasteiger partial charge in [0.05, 0.1) is 0 Å². The van der Waals surface area contributed by atoms with Crippen molar-refractivity contribution in [3.8, 4) is 0 Å². The lowest BCUT2D eigenvalue weighted by atomic mass is 10.0. The second-order valence-corrected chi connectivity index (χ2v) is 15.2. The summed E-state index contributed by atoms with van der Waals surface area (Å²) in [5.74, 6) is 0. The first-order valence-electron chi connectivity index (χ1n) is 22.5. The van der Waals surface area contributed by atoms with E-state index in [1.54, 1.807) is 0 Å². The fourth-order valence-electron chi connectivity index (χ4n) is 6.88. The van der Waals surface area contributed by atoms with Crippen LogP contribution < -0.4 is 21.9 Å². The Morgan fingerprint density at radius 3 is 0.816 bits per heavy atom. The molecule has 0 rings (SSSR count). The summed E-state index contributed by atoms with van der Waals surface area (Å²) in [7, 11) is 0. The molecule has 0 atom stereocenters. The number of nitrogens with one attached hydrogen (secondary N) is 4. The van der Waals surface area contributed by atoms with Gasteiger partial charge in [0.2, 0.25) is 0 Å². The number of hydrazine groups is 2. The Balaban J connectivity index is 3.14. The zero-order chi connectivity index (χ0) is 35.4. The molecule has 0 fully saturated rings. The highest BCUT2D eigenvalue weighted by atomic mass is 16.7. The summed E-state index contributed by atoms with van der Waals surface area (Å²) in [5.41, 5.74) is 11.1. The third-order valence-electron chi connectivity index (χ3n) is 10.2. The maximum atomic E-state index is 11.8. The topological polar surface area (TPSA) is 74.4 Å². The van der Waals surface area contributed by atoms with E-state index in [0.717, 1.165) is 25.9 Å². The predicted octanol–water partition coefficient (Wildman–Crippen LogP) is 14.1. The number of unbranched alkanes of at least 4 members (excludes halogenated alkanes) is 36. The average molecular weight is 695 g/mol. The molecule has 0 aromatic heterocycles. The summed E-state index contributed by atoms with van der Waals surface area (Å²) in [4.78, 5) is 16.7. The van der Waals surface area contributed by atoms with Gasteiger partial charge in [-0.3, -0.25) is 5.43 Å². The van der Waals surface area contributed by atoms with Crippen molar-refractivity contribution in [1.29, 1.82) is 0 Å². The highest BCUT2D eigenvalue weighted by molar-refractivity contribution is 5.66. The van der Waals surface area contributed by atoms with Gasteiger partial charge in [0.1, 0.15) is 0 Å². The molecule has 0 aliphatic heterocycles. The molecule has 0 aromatic rings. The molecule has 4 N–H and O–H groups in total. The summed E-state index contributed by atoms with van der Waals surface area (Å²) >= 11 is 0. The minimum Gasteiger partial charge on any atom is -0.337 e. The van der Waals surface area contributed by atoms with Crippen molar-refractivity contribution >= 4 is 6.09 Å². The molecular formula is C43H90N4O2. The van der Waals surface area contributed by atoms with Gasteiger partial charge in [-0.25, -0.2) is 15.6 Å². The van der Waals surface area contributed by atoms with E-state index in [-0.39, 0.29) is 0 Å². The van der Waals surface area contributed by atoms with Crippen molar-refractivity contribution in [2.24, 2.45) is 0 Å². The minimum absolute atomic E-state index is 0.501. The van der Waals surface area contributed by atoms with E-state index in [4.69, 9.17) is 4.84 Å². The van der Waals surface area contributed by atoms with E-state index in [2.05, 4.69) is 35.7 Å². The quantitative estimate of drug-likeness (QED) is 0.0378. The lowest BCUT2D eigenvalue weighted by molar-refractivity contribution is 0.0610. The molecule has 0 bridgehead atoms. The number of hydrogen-bond acceptors (Lipinski definition) is 5. The number of hydrogen-bond donors (Lipinski definition) is 4. The second-order valence-electron chi connectivity index (χ2n) is 15.2. The average Bonchev–Trinajstić information content (AvgIpc) is 3.11. The van der Waals surface area contributed by atoms with Gasteiger partial charge < -0.3 is 4.84 Å². The molecule has 0 heterocycles. The molecule has 6 nitrogen and oxygen atoms in total. The molecule has 0 aliphatic rings. The number of carbonyl (C=O) groups is 1. The number of carbonyl (C=O) groups excluding carboxylic acids is 1. The summed E-state index contributed by atoms with van der Waals surface area (Å²) in [5, 5.41) is 0. The maximum Gasteiger partial charge on any atom is 0.441 e. The smallest absolute Gasteiger partial charge is 0.337 e. The molecule has 0 unspecified atom stereocenters. The fraction of sp³-hybridized carbons (Fsp3) is 0.977. The van der Waals surface area contributed by atoms with Crippen LogP contribution in [0.15, 0.2) is 0 Å². The van der Waals surface area contributed by atoms with Crippen molar-refractivity contribution in [3.63, 3.8) is 0 Å². The summed E-state index contributed by atoms with van der Waals surface area (Å²) in [6, 6.07) is 0. The number of amides is 1. The van der Waals surface area contributed by atoms with Gasteiger partial charge in [0.15, 0.2) is 0 Å². The van der Waals surface area contributed by atoms with Gasteiger partial charge in [0, 0.05) is 13.1 Å². The van der Waals surface area contributed by atoms with Crippen LogP contribution in [0.2, 0.25) is 0 Å². The Labute approximate surface area is 307 Å². The Morgan fingerprint density at radius 2 is 0.551 bits per heavy atom. The van der Waals surface area contributed by atoms with E-state index in [0.29, 0.717) is 0 Å². The summed E-state index contributed by atoms with van der Waals surface area (Å²) in [6.07, 6.45) is 52.2. The van der Waals surface area contributed by atoms with Crippen LogP contribution in [-0.2, 0) is 4.84 Å². The highest BCUT2D eigenvalue weighted by Gasteiger charge is 2.01. The first kappa shape index (κ1) is 48.1. The molecule has 1 amide bonds. The first-order chi connectivity index (χ1) is 24.3.